The van der Waals surface area contributed by atoms with Gasteiger partial charge in [0.25, 0.3) is 0 Å². The Morgan fingerprint density at radius 3 is 2.79 bits per heavy atom. The van der Waals surface area contributed by atoms with E-state index < -0.39 is 5.97 Å². The van der Waals surface area contributed by atoms with E-state index in [1.54, 1.807) is 6.07 Å². The van der Waals surface area contributed by atoms with Crippen LogP contribution in [-0.2, 0) is 9.59 Å². The number of aromatic nitrogens is 1. The van der Waals surface area contributed by atoms with Crippen LogP contribution in [0.1, 0.15) is 24.0 Å². The van der Waals surface area contributed by atoms with Gasteiger partial charge in [-0.3, -0.25) is 9.59 Å². The van der Waals surface area contributed by atoms with Crippen molar-refractivity contribution in [2.24, 2.45) is 0 Å². The lowest BCUT2D eigenvalue weighted by atomic mass is 10.1. The van der Waals surface area contributed by atoms with Gasteiger partial charge < -0.3 is 15.7 Å². The number of aliphatic carboxylic acids is 1. The molecule has 0 aliphatic rings. The number of rotatable bonds is 7. The molecule has 1 aromatic carbocycles. The number of carboxylic acids is 1. The van der Waals surface area contributed by atoms with Crippen LogP contribution in [0.2, 0.25) is 0 Å². The number of hydrogen-bond acceptors (Lipinski definition) is 5. The maximum Gasteiger partial charge on any atom is 0.303 e. The number of para-hydroxylation sites is 1. The van der Waals surface area contributed by atoms with Crippen LogP contribution in [0, 0.1) is 18.3 Å². The molecule has 0 radical (unpaired) electrons. The van der Waals surface area contributed by atoms with Crippen molar-refractivity contribution in [1.82, 2.24) is 10.3 Å². The number of nitriles is 1. The van der Waals surface area contributed by atoms with Gasteiger partial charge in [0.15, 0.2) is 0 Å². The van der Waals surface area contributed by atoms with Gasteiger partial charge in [-0.2, -0.15) is 5.26 Å². The van der Waals surface area contributed by atoms with E-state index in [2.05, 4.69) is 21.7 Å². The van der Waals surface area contributed by atoms with Gasteiger partial charge in [-0.05, 0) is 18.6 Å². The second-order valence-corrected chi connectivity index (χ2v) is 5.31. The van der Waals surface area contributed by atoms with E-state index in [0.717, 1.165) is 16.5 Å². The summed E-state index contributed by atoms with van der Waals surface area (Å²) in [6, 6.07) is 9.67. The zero-order valence-corrected chi connectivity index (χ0v) is 13.3. The molecule has 24 heavy (non-hydrogen) atoms. The van der Waals surface area contributed by atoms with Crippen LogP contribution in [-0.4, -0.2) is 35.1 Å². The number of nitrogens with one attached hydrogen (secondary N) is 2. The van der Waals surface area contributed by atoms with Gasteiger partial charge in [0, 0.05) is 24.9 Å². The summed E-state index contributed by atoms with van der Waals surface area (Å²) in [5.41, 5.74) is 2.27. The molecule has 1 amide bonds. The molecule has 124 valence electrons. The molecule has 0 aliphatic carbocycles. The summed E-state index contributed by atoms with van der Waals surface area (Å²) in [5.74, 6) is -0.848. The summed E-state index contributed by atoms with van der Waals surface area (Å²) >= 11 is 0. The molecular weight excluding hydrogens is 308 g/mol. The van der Waals surface area contributed by atoms with Crippen LogP contribution < -0.4 is 10.6 Å². The summed E-state index contributed by atoms with van der Waals surface area (Å²) in [7, 11) is 0. The normalized spacial score (nSPS) is 10.2. The first-order chi connectivity index (χ1) is 11.5. The van der Waals surface area contributed by atoms with Gasteiger partial charge in [-0.15, -0.1) is 0 Å². The Bertz CT molecular complexity index is 811. The van der Waals surface area contributed by atoms with Gasteiger partial charge in [0.2, 0.25) is 5.91 Å². The zero-order chi connectivity index (χ0) is 17.5. The van der Waals surface area contributed by atoms with E-state index in [9.17, 15) is 14.9 Å². The molecule has 0 fully saturated rings. The monoisotopic (exact) mass is 326 g/mol. The van der Waals surface area contributed by atoms with Crippen LogP contribution in [0.25, 0.3) is 10.9 Å². The van der Waals surface area contributed by atoms with Crippen molar-refractivity contribution in [3.05, 3.63) is 35.4 Å². The average Bonchev–Trinajstić information content (AvgIpc) is 2.56. The third-order valence-corrected chi connectivity index (χ3v) is 3.47. The highest BCUT2D eigenvalue weighted by Gasteiger charge is 2.08. The highest BCUT2D eigenvalue weighted by Crippen LogP contribution is 2.22. The van der Waals surface area contributed by atoms with Crippen molar-refractivity contribution in [3.8, 4) is 6.07 Å². The van der Waals surface area contributed by atoms with Gasteiger partial charge in [0.05, 0.1) is 17.5 Å². The van der Waals surface area contributed by atoms with Gasteiger partial charge in [-0.25, -0.2) is 4.98 Å². The number of carbonyl (C=O) groups is 2. The highest BCUT2D eigenvalue weighted by molar-refractivity contribution is 5.85. The van der Waals surface area contributed by atoms with E-state index in [0.29, 0.717) is 24.5 Å². The molecule has 0 spiro atoms. The third kappa shape index (κ3) is 4.43. The Kier molecular flexibility index (Phi) is 5.68. The van der Waals surface area contributed by atoms with E-state index in [1.165, 1.54) is 0 Å². The lowest BCUT2D eigenvalue weighted by Gasteiger charge is -2.10. The SMILES string of the molecule is Cc1cccc2cc(C#N)c(NCCNC(=O)CCC(=O)O)nc12. The lowest BCUT2D eigenvalue weighted by Crippen LogP contribution is -2.29. The average molecular weight is 326 g/mol. The van der Waals surface area contributed by atoms with Crippen LogP contribution >= 0.6 is 0 Å². The highest BCUT2D eigenvalue weighted by atomic mass is 16.4. The number of aryl methyl sites for hydroxylation is 1. The van der Waals surface area contributed by atoms with Crippen LogP contribution in [0.3, 0.4) is 0 Å². The minimum absolute atomic E-state index is 0.0494. The van der Waals surface area contributed by atoms with Gasteiger partial charge in [0.1, 0.15) is 11.9 Å². The molecule has 1 heterocycles. The molecule has 0 aliphatic heterocycles. The van der Waals surface area contributed by atoms with E-state index in [-0.39, 0.29) is 18.7 Å². The Morgan fingerprint density at radius 2 is 2.08 bits per heavy atom. The minimum Gasteiger partial charge on any atom is -0.481 e. The fraction of sp³-hybridized carbons (Fsp3) is 0.294. The zero-order valence-electron chi connectivity index (χ0n) is 13.3. The number of benzene rings is 1. The third-order valence-electron chi connectivity index (χ3n) is 3.47. The molecule has 0 saturated heterocycles. The standard InChI is InChI=1S/C17H18N4O3/c1-11-3-2-4-12-9-13(10-18)17(21-16(11)12)20-8-7-19-14(22)5-6-15(23)24/h2-4,9H,5-8H2,1H3,(H,19,22)(H,20,21)(H,23,24). The fourth-order valence-electron chi connectivity index (χ4n) is 2.26. The molecule has 7 heteroatoms. The Hall–Kier alpha value is -3.14. The summed E-state index contributed by atoms with van der Waals surface area (Å²) < 4.78 is 0. The van der Waals surface area contributed by atoms with Gasteiger partial charge in [-0.1, -0.05) is 18.2 Å². The second-order valence-electron chi connectivity index (χ2n) is 5.31. The number of hydrogen-bond donors (Lipinski definition) is 3. The van der Waals surface area contributed by atoms with E-state index in [4.69, 9.17) is 5.11 Å². The predicted octanol–water partition coefficient (Wildman–Crippen LogP) is 1.81. The molecule has 1 aromatic heterocycles. The number of carbonyl (C=O) groups excluding carboxylic acids is 1. The first kappa shape index (κ1) is 17.2. The van der Waals surface area contributed by atoms with Gasteiger partial charge >= 0.3 is 5.97 Å². The number of carboxylic acid groups (broad SMARTS) is 1. The Labute approximate surface area is 139 Å². The van der Waals surface area contributed by atoms with Crippen molar-refractivity contribution >= 4 is 28.6 Å². The van der Waals surface area contributed by atoms with E-state index in [1.807, 2.05) is 25.1 Å². The molecule has 0 bridgehead atoms. The fourth-order valence-corrected chi connectivity index (χ4v) is 2.26. The summed E-state index contributed by atoms with van der Waals surface area (Å²) in [6.45, 7) is 2.66. The summed E-state index contributed by atoms with van der Waals surface area (Å²) in [5, 5.41) is 24.3. The molecule has 0 saturated carbocycles. The Balaban J connectivity index is 1.97. The smallest absolute Gasteiger partial charge is 0.303 e. The van der Waals surface area contributed by atoms with Crippen molar-refractivity contribution in [2.45, 2.75) is 19.8 Å². The Morgan fingerprint density at radius 1 is 1.29 bits per heavy atom. The predicted molar refractivity (Wildman–Crippen MR) is 89.6 cm³/mol. The first-order valence-electron chi connectivity index (χ1n) is 7.54. The van der Waals surface area contributed by atoms with Crippen molar-refractivity contribution in [3.63, 3.8) is 0 Å². The number of nitrogens with zero attached hydrogens (tertiary/aromatic N) is 2. The van der Waals surface area contributed by atoms with Crippen molar-refractivity contribution in [1.29, 1.82) is 5.26 Å². The van der Waals surface area contributed by atoms with Crippen LogP contribution in [0.15, 0.2) is 24.3 Å². The number of pyridine rings is 1. The molecule has 2 aromatic rings. The van der Waals surface area contributed by atoms with E-state index >= 15 is 0 Å². The van der Waals surface area contributed by atoms with Crippen molar-refractivity contribution < 1.29 is 14.7 Å². The molecule has 3 N–H and O–H groups in total. The lowest BCUT2D eigenvalue weighted by molar-refractivity contribution is -0.138. The van der Waals surface area contributed by atoms with Crippen LogP contribution in [0.5, 0.6) is 0 Å². The first-order valence-corrected chi connectivity index (χ1v) is 7.54. The number of amides is 1. The topological polar surface area (TPSA) is 115 Å². The van der Waals surface area contributed by atoms with Crippen molar-refractivity contribution in [2.75, 3.05) is 18.4 Å². The molecule has 7 nitrogen and oxygen atoms in total. The summed E-state index contributed by atoms with van der Waals surface area (Å²) in [6.07, 6.45) is -0.241. The molecule has 0 atom stereocenters. The summed E-state index contributed by atoms with van der Waals surface area (Å²) in [4.78, 5) is 26.3. The number of anilines is 1. The molecular formula is C17H18N4O3. The molecule has 2 rings (SSSR count). The van der Waals surface area contributed by atoms with Crippen LogP contribution in [0.4, 0.5) is 5.82 Å². The quantitative estimate of drug-likeness (QED) is 0.668. The maximum absolute atomic E-state index is 11.4. The maximum atomic E-state index is 11.4. The second kappa shape index (κ2) is 7.92. The molecule has 0 unspecified atom stereocenters. The largest absolute Gasteiger partial charge is 0.481 e. The minimum atomic E-state index is -1.00. The number of fused-ring (bicyclic) bond motifs is 1.